The van der Waals surface area contributed by atoms with Gasteiger partial charge in [0.25, 0.3) is 5.91 Å². The van der Waals surface area contributed by atoms with Gasteiger partial charge >= 0.3 is 0 Å². The van der Waals surface area contributed by atoms with E-state index in [9.17, 15) is 4.79 Å². The molecule has 0 saturated carbocycles. The van der Waals surface area contributed by atoms with Gasteiger partial charge in [0.2, 0.25) is 0 Å². The lowest BCUT2D eigenvalue weighted by molar-refractivity contribution is -0.123. The van der Waals surface area contributed by atoms with Crippen LogP contribution in [0, 0.1) is 0 Å². The number of carbonyl (C=O) groups excluding carboxylic acids is 1. The molecule has 5 heteroatoms. The van der Waals surface area contributed by atoms with E-state index in [2.05, 4.69) is 5.32 Å². The highest BCUT2D eigenvalue weighted by Gasteiger charge is 2.05. The second-order valence-electron chi connectivity index (χ2n) is 3.21. The second kappa shape index (κ2) is 6.61. The summed E-state index contributed by atoms with van der Waals surface area (Å²) in [6.07, 6.45) is 0.896. The number of rotatable bonds is 5. The molecule has 0 bridgehead atoms. The van der Waals surface area contributed by atoms with Crippen molar-refractivity contribution in [2.45, 2.75) is 13.3 Å². The molecule has 0 aliphatic rings. The molecule has 88 valence electrons. The fraction of sp³-hybridized carbons (Fsp3) is 0.364. The minimum Gasteiger partial charge on any atom is -0.482 e. The van der Waals surface area contributed by atoms with Gasteiger partial charge in [0, 0.05) is 11.6 Å². The van der Waals surface area contributed by atoms with Crippen LogP contribution in [0.1, 0.15) is 13.3 Å². The van der Waals surface area contributed by atoms with Gasteiger partial charge in [-0.25, -0.2) is 0 Å². The van der Waals surface area contributed by atoms with Crippen LogP contribution < -0.4 is 10.1 Å². The Morgan fingerprint density at radius 1 is 1.44 bits per heavy atom. The van der Waals surface area contributed by atoms with Crippen LogP contribution in [0.25, 0.3) is 0 Å². The standard InChI is InChI=1S/C11H13Cl2NO2/c1-2-5-14-11(15)7-16-10-4-3-8(12)6-9(10)13/h3-4,6H,2,5,7H2,1H3,(H,14,15). The first kappa shape index (κ1) is 13.1. The molecule has 0 fully saturated rings. The van der Waals surface area contributed by atoms with E-state index in [0.717, 1.165) is 6.42 Å². The highest BCUT2D eigenvalue weighted by Crippen LogP contribution is 2.27. The van der Waals surface area contributed by atoms with Crippen LogP contribution in [0.2, 0.25) is 10.0 Å². The smallest absolute Gasteiger partial charge is 0.257 e. The molecule has 0 aliphatic heterocycles. The summed E-state index contributed by atoms with van der Waals surface area (Å²) in [6, 6.07) is 4.87. The van der Waals surface area contributed by atoms with Crippen LogP contribution in [-0.4, -0.2) is 19.1 Å². The van der Waals surface area contributed by atoms with Crippen molar-refractivity contribution < 1.29 is 9.53 Å². The van der Waals surface area contributed by atoms with Gasteiger partial charge in [0.05, 0.1) is 5.02 Å². The first-order valence-electron chi connectivity index (χ1n) is 4.98. The molecule has 0 heterocycles. The summed E-state index contributed by atoms with van der Waals surface area (Å²) in [6.45, 7) is 2.59. The van der Waals surface area contributed by atoms with E-state index < -0.39 is 0 Å². The summed E-state index contributed by atoms with van der Waals surface area (Å²) in [5.74, 6) is 0.297. The highest BCUT2D eigenvalue weighted by atomic mass is 35.5. The largest absolute Gasteiger partial charge is 0.482 e. The number of halogens is 2. The second-order valence-corrected chi connectivity index (χ2v) is 4.06. The van der Waals surface area contributed by atoms with Crippen LogP contribution in [0.15, 0.2) is 18.2 Å². The normalized spacial score (nSPS) is 9.94. The molecule has 1 N–H and O–H groups in total. The van der Waals surface area contributed by atoms with Crippen molar-refractivity contribution in [1.29, 1.82) is 0 Å². The molecule has 0 aromatic heterocycles. The Bertz CT molecular complexity index is 369. The summed E-state index contributed by atoms with van der Waals surface area (Å²) in [7, 11) is 0. The maximum absolute atomic E-state index is 11.2. The summed E-state index contributed by atoms with van der Waals surface area (Å²) in [5.41, 5.74) is 0. The van der Waals surface area contributed by atoms with E-state index in [4.69, 9.17) is 27.9 Å². The molecular formula is C11H13Cl2NO2. The number of ether oxygens (including phenoxy) is 1. The van der Waals surface area contributed by atoms with Crippen molar-refractivity contribution in [2.24, 2.45) is 0 Å². The molecule has 3 nitrogen and oxygen atoms in total. The van der Waals surface area contributed by atoms with Crippen LogP contribution >= 0.6 is 23.2 Å². The molecular weight excluding hydrogens is 249 g/mol. The molecule has 16 heavy (non-hydrogen) atoms. The van der Waals surface area contributed by atoms with E-state index in [-0.39, 0.29) is 12.5 Å². The number of nitrogens with one attached hydrogen (secondary N) is 1. The number of hydrogen-bond donors (Lipinski definition) is 1. The van der Waals surface area contributed by atoms with Crippen molar-refractivity contribution in [3.05, 3.63) is 28.2 Å². The molecule has 0 spiro atoms. The Morgan fingerprint density at radius 2 is 2.19 bits per heavy atom. The molecule has 0 radical (unpaired) electrons. The number of carbonyl (C=O) groups is 1. The van der Waals surface area contributed by atoms with Gasteiger partial charge in [-0.05, 0) is 24.6 Å². The Labute approximate surface area is 105 Å². The van der Waals surface area contributed by atoms with Crippen molar-refractivity contribution >= 4 is 29.1 Å². The molecule has 0 atom stereocenters. The predicted octanol–water partition coefficient (Wildman–Crippen LogP) is 2.90. The Hall–Kier alpha value is -0.930. The Morgan fingerprint density at radius 3 is 2.81 bits per heavy atom. The van der Waals surface area contributed by atoms with Crippen LogP contribution in [0.3, 0.4) is 0 Å². The predicted molar refractivity (Wildman–Crippen MR) is 65.3 cm³/mol. The number of hydrogen-bond acceptors (Lipinski definition) is 2. The third-order valence-electron chi connectivity index (χ3n) is 1.82. The average molecular weight is 262 g/mol. The maximum Gasteiger partial charge on any atom is 0.257 e. The molecule has 1 aromatic carbocycles. The monoisotopic (exact) mass is 261 g/mol. The molecule has 1 rings (SSSR count). The van der Waals surface area contributed by atoms with Crippen molar-refractivity contribution in [3.8, 4) is 5.75 Å². The number of benzene rings is 1. The highest BCUT2D eigenvalue weighted by molar-refractivity contribution is 6.35. The SMILES string of the molecule is CCCNC(=O)COc1ccc(Cl)cc1Cl. The van der Waals surface area contributed by atoms with Crippen molar-refractivity contribution in [3.63, 3.8) is 0 Å². The molecule has 1 aromatic rings. The van der Waals surface area contributed by atoms with E-state index in [1.54, 1.807) is 18.2 Å². The summed E-state index contributed by atoms with van der Waals surface area (Å²) in [5, 5.41) is 3.63. The lowest BCUT2D eigenvalue weighted by atomic mass is 10.3. The van der Waals surface area contributed by atoms with Crippen LogP contribution in [-0.2, 0) is 4.79 Å². The minimum absolute atomic E-state index is 0.0403. The average Bonchev–Trinajstić information content (AvgIpc) is 2.25. The van der Waals surface area contributed by atoms with Gasteiger partial charge < -0.3 is 10.1 Å². The zero-order valence-electron chi connectivity index (χ0n) is 8.93. The van der Waals surface area contributed by atoms with Gasteiger partial charge in [-0.3, -0.25) is 4.79 Å². The molecule has 1 amide bonds. The fourth-order valence-corrected chi connectivity index (χ4v) is 1.51. The van der Waals surface area contributed by atoms with Crippen LogP contribution in [0.4, 0.5) is 0 Å². The van der Waals surface area contributed by atoms with E-state index in [1.165, 1.54) is 0 Å². The summed E-state index contributed by atoms with van der Waals surface area (Å²) in [4.78, 5) is 11.2. The maximum atomic E-state index is 11.2. The van der Waals surface area contributed by atoms with Gasteiger partial charge in [0.1, 0.15) is 5.75 Å². The van der Waals surface area contributed by atoms with Crippen molar-refractivity contribution in [2.75, 3.05) is 13.2 Å². The summed E-state index contributed by atoms with van der Waals surface area (Å²) < 4.78 is 5.25. The lowest BCUT2D eigenvalue weighted by Gasteiger charge is -2.08. The van der Waals surface area contributed by atoms with Crippen LogP contribution in [0.5, 0.6) is 5.75 Å². The Kier molecular flexibility index (Phi) is 5.43. The molecule has 0 aliphatic carbocycles. The Balaban J connectivity index is 2.45. The van der Waals surface area contributed by atoms with Gasteiger partial charge in [-0.2, -0.15) is 0 Å². The third-order valence-corrected chi connectivity index (χ3v) is 2.36. The quantitative estimate of drug-likeness (QED) is 0.886. The van der Waals surface area contributed by atoms with Gasteiger partial charge in [0.15, 0.2) is 6.61 Å². The molecule has 0 unspecified atom stereocenters. The van der Waals surface area contributed by atoms with E-state index in [1.807, 2.05) is 6.92 Å². The van der Waals surface area contributed by atoms with Crippen molar-refractivity contribution in [1.82, 2.24) is 5.32 Å². The first-order chi connectivity index (χ1) is 7.63. The topological polar surface area (TPSA) is 38.3 Å². The lowest BCUT2D eigenvalue weighted by Crippen LogP contribution is -2.29. The van der Waals surface area contributed by atoms with Gasteiger partial charge in [-0.15, -0.1) is 0 Å². The zero-order chi connectivity index (χ0) is 12.0. The van der Waals surface area contributed by atoms with E-state index >= 15 is 0 Å². The zero-order valence-corrected chi connectivity index (χ0v) is 10.4. The summed E-state index contributed by atoms with van der Waals surface area (Å²) >= 11 is 11.6. The van der Waals surface area contributed by atoms with Gasteiger partial charge in [-0.1, -0.05) is 30.1 Å². The minimum atomic E-state index is -0.159. The third kappa shape index (κ3) is 4.29. The molecule has 0 saturated heterocycles. The number of amides is 1. The first-order valence-corrected chi connectivity index (χ1v) is 5.73. The fourth-order valence-electron chi connectivity index (χ4n) is 1.05. The van der Waals surface area contributed by atoms with E-state index in [0.29, 0.717) is 22.3 Å².